The van der Waals surface area contributed by atoms with Crippen LogP contribution in [0.5, 0.6) is 0 Å². The first-order valence-corrected chi connectivity index (χ1v) is 10.2. The number of hydrogen-bond donors (Lipinski definition) is 2. The SMILES string of the molecule is CCn1c(SCC(=O)N[C@H](C)COC)nc2cc(S(N)(=O)=O)ccc21. The normalized spacial score (nSPS) is 13.1. The van der Waals surface area contributed by atoms with E-state index in [1.165, 1.54) is 23.9 Å². The van der Waals surface area contributed by atoms with E-state index in [-0.39, 0.29) is 22.6 Å². The zero-order chi connectivity index (χ0) is 18.6. The van der Waals surface area contributed by atoms with Crippen molar-refractivity contribution in [3.63, 3.8) is 0 Å². The summed E-state index contributed by atoms with van der Waals surface area (Å²) < 4.78 is 29.9. The van der Waals surface area contributed by atoms with Crippen LogP contribution in [0.3, 0.4) is 0 Å². The maximum Gasteiger partial charge on any atom is 0.238 e. The van der Waals surface area contributed by atoms with Gasteiger partial charge in [-0.2, -0.15) is 0 Å². The maximum absolute atomic E-state index is 12.0. The van der Waals surface area contributed by atoms with Crippen molar-refractivity contribution in [3.05, 3.63) is 18.2 Å². The Morgan fingerprint density at radius 2 is 2.20 bits per heavy atom. The molecule has 138 valence electrons. The molecule has 0 fully saturated rings. The Morgan fingerprint density at radius 3 is 2.80 bits per heavy atom. The standard InChI is InChI=1S/C15H22N4O4S2/c1-4-19-13-6-5-11(25(16,21)22)7-12(13)18-15(19)24-9-14(20)17-10(2)8-23-3/h5-7,10H,4,8-9H2,1-3H3,(H,17,20)(H2,16,21,22)/t10-/m1/s1. The van der Waals surface area contributed by atoms with Gasteiger partial charge in [0.2, 0.25) is 15.9 Å². The van der Waals surface area contributed by atoms with Crippen LogP contribution in [-0.4, -0.2) is 49.4 Å². The van der Waals surface area contributed by atoms with Gasteiger partial charge in [0.1, 0.15) is 0 Å². The fourth-order valence-electron chi connectivity index (χ4n) is 2.42. The van der Waals surface area contributed by atoms with Crippen molar-refractivity contribution in [3.8, 4) is 0 Å². The zero-order valence-corrected chi connectivity index (χ0v) is 16.0. The second-order valence-electron chi connectivity index (χ2n) is 5.55. The maximum atomic E-state index is 12.0. The molecule has 0 unspecified atom stereocenters. The molecule has 1 aromatic heterocycles. The second-order valence-corrected chi connectivity index (χ2v) is 8.05. The molecule has 0 saturated carbocycles. The molecule has 8 nitrogen and oxygen atoms in total. The number of amides is 1. The molecular formula is C15H22N4O4S2. The van der Waals surface area contributed by atoms with Gasteiger partial charge in [0.15, 0.2) is 5.16 Å². The molecule has 0 saturated heterocycles. The summed E-state index contributed by atoms with van der Waals surface area (Å²) in [5.41, 5.74) is 1.33. The summed E-state index contributed by atoms with van der Waals surface area (Å²) in [6.45, 7) is 4.91. The quantitative estimate of drug-likeness (QED) is 0.653. The van der Waals surface area contributed by atoms with Gasteiger partial charge in [0.05, 0.1) is 28.3 Å². The number of ether oxygens (including phenoxy) is 1. The van der Waals surface area contributed by atoms with E-state index in [0.717, 1.165) is 5.52 Å². The highest BCUT2D eigenvalue weighted by Crippen LogP contribution is 2.25. The summed E-state index contributed by atoms with van der Waals surface area (Å²) in [5, 5.41) is 8.65. The monoisotopic (exact) mass is 386 g/mol. The Labute approximate surface area is 151 Å². The minimum Gasteiger partial charge on any atom is -0.383 e. The number of primary sulfonamides is 1. The molecule has 1 aromatic carbocycles. The largest absolute Gasteiger partial charge is 0.383 e. The molecule has 0 spiro atoms. The van der Waals surface area contributed by atoms with Crippen LogP contribution in [0.15, 0.2) is 28.3 Å². The Morgan fingerprint density at radius 1 is 1.48 bits per heavy atom. The van der Waals surface area contributed by atoms with Crippen LogP contribution in [0.25, 0.3) is 11.0 Å². The van der Waals surface area contributed by atoms with E-state index in [9.17, 15) is 13.2 Å². The van der Waals surface area contributed by atoms with E-state index in [1.54, 1.807) is 13.2 Å². The first-order valence-electron chi connectivity index (χ1n) is 7.70. The van der Waals surface area contributed by atoms with E-state index in [4.69, 9.17) is 9.88 Å². The summed E-state index contributed by atoms with van der Waals surface area (Å²) in [5.74, 6) is 0.0915. The number of aromatic nitrogens is 2. The number of thioether (sulfide) groups is 1. The number of aryl methyl sites for hydroxylation is 1. The summed E-state index contributed by atoms with van der Waals surface area (Å²) in [6, 6.07) is 4.51. The van der Waals surface area contributed by atoms with E-state index < -0.39 is 10.0 Å². The van der Waals surface area contributed by atoms with Crippen molar-refractivity contribution >= 4 is 38.7 Å². The van der Waals surface area contributed by atoms with Crippen molar-refractivity contribution < 1.29 is 17.9 Å². The van der Waals surface area contributed by atoms with Crippen LogP contribution in [0, 0.1) is 0 Å². The minimum absolute atomic E-state index is 0.0171. The Hall–Kier alpha value is -1.62. The van der Waals surface area contributed by atoms with Gasteiger partial charge in [-0.3, -0.25) is 4.79 Å². The lowest BCUT2D eigenvalue weighted by atomic mass is 10.3. The molecule has 0 aliphatic carbocycles. The third-order valence-corrected chi connectivity index (χ3v) is 5.37. The van der Waals surface area contributed by atoms with Gasteiger partial charge in [0, 0.05) is 19.7 Å². The number of nitrogens with two attached hydrogens (primary N) is 1. The Kier molecular flexibility index (Phi) is 6.44. The topological polar surface area (TPSA) is 116 Å². The molecule has 1 amide bonds. The predicted octanol–water partition coefficient (Wildman–Crippen LogP) is 0.947. The number of methoxy groups -OCH3 is 1. The number of carbonyl (C=O) groups excluding carboxylic acids is 1. The van der Waals surface area contributed by atoms with E-state index in [1.807, 2.05) is 18.4 Å². The van der Waals surface area contributed by atoms with Gasteiger partial charge in [0.25, 0.3) is 0 Å². The fourth-order valence-corrected chi connectivity index (χ4v) is 3.84. The number of nitrogens with zero attached hydrogens (tertiary/aromatic N) is 2. The van der Waals surface area contributed by atoms with E-state index in [0.29, 0.717) is 23.8 Å². The molecule has 1 atom stereocenters. The predicted molar refractivity (Wildman–Crippen MR) is 97.0 cm³/mol. The van der Waals surface area contributed by atoms with Crippen molar-refractivity contribution in [2.75, 3.05) is 19.5 Å². The van der Waals surface area contributed by atoms with Gasteiger partial charge < -0.3 is 14.6 Å². The lowest BCUT2D eigenvalue weighted by Gasteiger charge is -2.12. The van der Waals surface area contributed by atoms with Crippen LogP contribution in [0.2, 0.25) is 0 Å². The second kappa shape index (κ2) is 8.17. The third-order valence-electron chi connectivity index (χ3n) is 3.49. The average Bonchev–Trinajstić information content (AvgIpc) is 2.88. The van der Waals surface area contributed by atoms with Crippen molar-refractivity contribution in [2.24, 2.45) is 5.14 Å². The van der Waals surface area contributed by atoms with Gasteiger partial charge in [-0.1, -0.05) is 11.8 Å². The van der Waals surface area contributed by atoms with Gasteiger partial charge >= 0.3 is 0 Å². The summed E-state index contributed by atoms with van der Waals surface area (Å²) in [4.78, 5) is 16.4. The average molecular weight is 386 g/mol. The number of nitrogens with one attached hydrogen (secondary N) is 1. The number of carbonyl (C=O) groups is 1. The molecule has 25 heavy (non-hydrogen) atoms. The number of hydrogen-bond acceptors (Lipinski definition) is 6. The van der Waals surface area contributed by atoms with Crippen molar-refractivity contribution in [1.29, 1.82) is 0 Å². The lowest BCUT2D eigenvalue weighted by Crippen LogP contribution is -2.36. The summed E-state index contributed by atoms with van der Waals surface area (Å²) >= 11 is 1.30. The molecule has 0 bridgehead atoms. The summed E-state index contributed by atoms with van der Waals surface area (Å²) in [6.07, 6.45) is 0. The van der Waals surface area contributed by atoms with E-state index >= 15 is 0 Å². The van der Waals surface area contributed by atoms with Crippen LogP contribution in [0.1, 0.15) is 13.8 Å². The zero-order valence-electron chi connectivity index (χ0n) is 14.4. The molecule has 3 N–H and O–H groups in total. The number of sulfonamides is 1. The van der Waals surface area contributed by atoms with Crippen LogP contribution in [0.4, 0.5) is 0 Å². The first kappa shape index (κ1) is 19.7. The van der Waals surface area contributed by atoms with E-state index in [2.05, 4.69) is 10.3 Å². The van der Waals surface area contributed by atoms with Crippen LogP contribution >= 0.6 is 11.8 Å². The number of fused-ring (bicyclic) bond motifs is 1. The molecular weight excluding hydrogens is 364 g/mol. The number of rotatable bonds is 8. The van der Waals surface area contributed by atoms with Gasteiger partial charge in [-0.15, -0.1) is 0 Å². The van der Waals surface area contributed by atoms with Crippen molar-refractivity contribution in [1.82, 2.24) is 14.9 Å². The van der Waals surface area contributed by atoms with Gasteiger partial charge in [-0.25, -0.2) is 18.5 Å². The lowest BCUT2D eigenvalue weighted by molar-refractivity contribution is -0.119. The van der Waals surface area contributed by atoms with Crippen molar-refractivity contribution in [2.45, 2.75) is 36.5 Å². The number of benzene rings is 1. The highest BCUT2D eigenvalue weighted by molar-refractivity contribution is 7.99. The molecule has 0 radical (unpaired) electrons. The smallest absolute Gasteiger partial charge is 0.238 e. The minimum atomic E-state index is -3.78. The van der Waals surface area contributed by atoms with Gasteiger partial charge in [-0.05, 0) is 32.0 Å². The third kappa shape index (κ3) is 4.94. The molecule has 10 heteroatoms. The Bertz CT molecular complexity index is 864. The molecule has 2 aromatic rings. The van der Waals surface area contributed by atoms with Crippen LogP contribution < -0.4 is 10.5 Å². The highest BCUT2D eigenvalue weighted by atomic mass is 32.2. The summed E-state index contributed by atoms with van der Waals surface area (Å²) in [7, 11) is -2.20. The molecule has 0 aliphatic rings. The number of imidazole rings is 1. The molecule has 1 heterocycles. The molecule has 0 aliphatic heterocycles. The van der Waals surface area contributed by atoms with Crippen LogP contribution in [-0.2, 0) is 26.1 Å². The fraction of sp³-hybridized carbons (Fsp3) is 0.467. The Balaban J connectivity index is 2.19. The first-order chi connectivity index (χ1) is 11.8. The molecule has 2 rings (SSSR count). The highest BCUT2D eigenvalue weighted by Gasteiger charge is 2.16.